The number of rotatable bonds is 9. The van der Waals surface area contributed by atoms with Crippen molar-refractivity contribution in [2.24, 2.45) is 5.73 Å². The zero-order valence-electron chi connectivity index (χ0n) is 20.6. The molecule has 0 spiro atoms. The Morgan fingerprint density at radius 1 is 0.892 bits per heavy atom. The van der Waals surface area contributed by atoms with Crippen molar-refractivity contribution in [3.05, 3.63) is 119 Å². The maximum absolute atomic E-state index is 13.3. The van der Waals surface area contributed by atoms with Crippen molar-refractivity contribution in [1.82, 2.24) is 14.7 Å². The van der Waals surface area contributed by atoms with Crippen LogP contribution in [0.2, 0.25) is 0 Å². The summed E-state index contributed by atoms with van der Waals surface area (Å²) in [5, 5.41) is 6.57. The molecule has 0 radical (unpaired) electrons. The highest BCUT2D eigenvalue weighted by atomic mass is 16.5. The van der Waals surface area contributed by atoms with Gasteiger partial charge in [-0.3, -0.25) is 9.20 Å². The molecule has 2 aromatic heterocycles. The van der Waals surface area contributed by atoms with Crippen molar-refractivity contribution in [3.8, 4) is 17.0 Å². The van der Waals surface area contributed by atoms with Crippen molar-refractivity contribution in [2.45, 2.75) is 19.6 Å². The first-order chi connectivity index (χ1) is 18.2. The summed E-state index contributed by atoms with van der Waals surface area (Å²) in [5.74, 6) is 1.35. The van der Waals surface area contributed by atoms with Crippen molar-refractivity contribution in [1.29, 1.82) is 0 Å². The molecule has 5 aromatic rings. The molecule has 0 bridgehead atoms. The number of carbonyl (C=O) groups excluding carboxylic acids is 1. The number of carbonyl (C=O) groups is 1. The topological polar surface area (TPSA) is 93.7 Å². The zero-order valence-corrected chi connectivity index (χ0v) is 20.6. The molecule has 0 atom stereocenters. The summed E-state index contributed by atoms with van der Waals surface area (Å²) in [6.45, 7) is 1.47. The lowest BCUT2D eigenvalue weighted by Gasteiger charge is -2.11. The summed E-state index contributed by atoms with van der Waals surface area (Å²) >= 11 is 0. The Morgan fingerprint density at radius 3 is 2.49 bits per heavy atom. The standard InChI is InChI=1S/C30H29N5O2/c1-37-25-13-6-12-24(17-25)27-29(32-19-21-8-3-2-4-9-21)35-15-7-14-26(28(35)34-27)30(36)33-20-23-11-5-10-22(16-23)18-31/h2-17,32H,18-20,31H2,1H3,(H,33,36). The lowest BCUT2D eigenvalue weighted by Crippen LogP contribution is -2.23. The van der Waals surface area contributed by atoms with Gasteiger partial charge < -0.3 is 21.1 Å². The minimum absolute atomic E-state index is 0.194. The number of nitrogens with one attached hydrogen (secondary N) is 2. The van der Waals surface area contributed by atoms with Crippen molar-refractivity contribution in [3.63, 3.8) is 0 Å². The fraction of sp³-hybridized carbons (Fsp3) is 0.133. The molecule has 7 heteroatoms. The van der Waals surface area contributed by atoms with Crippen LogP contribution in [0.1, 0.15) is 27.0 Å². The molecule has 1 amide bonds. The number of nitrogens with zero attached hydrogens (tertiary/aromatic N) is 2. The highest BCUT2D eigenvalue weighted by Gasteiger charge is 2.19. The Bertz CT molecular complexity index is 1530. The van der Waals surface area contributed by atoms with Gasteiger partial charge in [-0.15, -0.1) is 0 Å². The Kier molecular flexibility index (Phi) is 7.14. The molecule has 3 aromatic carbocycles. The SMILES string of the molecule is COc1cccc(-c2nc3c(C(=O)NCc4cccc(CN)c4)cccn3c2NCc2ccccc2)c1. The second-order valence-electron chi connectivity index (χ2n) is 8.70. The molecule has 0 saturated heterocycles. The number of amides is 1. The van der Waals surface area contributed by atoms with Crippen LogP contribution in [0.25, 0.3) is 16.9 Å². The molecule has 0 unspecified atom stereocenters. The fourth-order valence-corrected chi connectivity index (χ4v) is 4.31. The van der Waals surface area contributed by atoms with Gasteiger partial charge in [0.05, 0.1) is 12.7 Å². The van der Waals surface area contributed by atoms with E-state index < -0.39 is 0 Å². The van der Waals surface area contributed by atoms with E-state index in [0.717, 1.165) is 39.5 Å². The van der Waals surface area contributed by atoms with Gasteiger partial charge in [0, 0.05) is 31.4 Å². The Balaban J connectivity index is 1.51. The van der Waals surface area contributed by atoms with Gasteiger partial charge in [-0.05, 0) is 41.0 Å². The van der Waals surface area contributed by atoms with Gasteiger partial charge in [-0.1, -0.05) is 66.7 Å². The van der Waals surface area contributed by atoms with Gasteiger partial charge >= 0.3 is 0 Å². The van der Waals surface area contributed by atoms with Crippen molar-refractivity contribution >= 4 is 17.4 Å². The van der Waals surface area contributed by atoms with Crippen molar-refractivity contribution in [2.75, 3.05) is 12.4 Å². The fourth-order valence-electron chi connectivity index (χ4n) is 4.31. The summed E-state index contributed by atoms with van der Waals surface area (Å²) in [6.07, 6.45) is 1.92. The molecule has 0 aliphatic rings. The second kappa shape index (κ2) is 11.0. The summed E-state index contributed by atoms with van der Waals surface area (Å²) in [4.78, 5) is 18.2. The first-order valence-corrected chi connectivity index (χ1v) is 12.2. The number of hydrogen-bond donors (Lipinski definition) is 3. The van der Waals surface area contributed by atoms with Gasteiger partial charge in [0.25, 0.3) is 5.91 Å². The third-order valence-corrected chi connectivity index (χ3v) is 6.22. The van der Waals surface area contributed by atoms with Crippen LogP contribution in [0.5, 0.6) is 5.75 Å². The predicted molar refractivity (Wildman–Crippen MR) is 146 cm³/mol. The Hall–Kier alpha value is -4.62. The number of ether oxygens (including phenoxy) is 1. The first-order valence-electron chi connectivity index (χ1n) is 12.2. The Labute approximate surface area is 215 Å². The summed E-state index contributed by atoms with van der Waals surface area (Å²) in [5.41, 5.74) is 11.6. The summed E-state index contributed by atoms with van der Waals surface area (Å²) in [7, 11) is 1.64. The number of fused-ring (bicyclic) bond motifs is 1. The van der Waals surface area contributed by atoms with Gasteiger partial charge in [-0.25, -0.2) is 4.98 Å². The predicted octanol–water partition coefficient (Wildman–Crippen LogP) is 5.01. The average molecular weight is 492 g/mol. The van der Waals surface area contributed by atoms with E-state index >= 15 is 0 Å². The number of anilines is 1. The van der Waals surface area contributed by atoms with Gasteiger partial charge in [-0.2, -0.15) is 0 Å². The van der Waals surface area contributed by atoms with Crippen LogP contribution in [0.15, 0.2) is 97.2 Å². The Morgan fingerprint density at radius 2 is 1.68 bits per heavy atom. The number of methoxy groups -OCH3 is 1. The van der Waals surface area contributed by atoms with E-state index in [9.17, 15) is 4.79 Å². The highest BCUT2D eigenvalue weighted by molar-refractivity contribution is 6.00. The minimum Gasteiger partial charge on any atom is -0.497 e. The average Bonchev–Trinajstić information content (AvgIpc) is 3.34. The molecule has 186 valence electrons. The van der Waals surface area contributed by atoms with E-state index in [1.807, 2.05) is 83.4 Å². The van der Waals surface area contributed by atoms with Gasteiger partial charge in [0.1, 0.15) is 17.3 Å². The van der Waals surface area contributed by atoms with Crippen LogP contribution in [0.4, 0.5) is 5.82 Å². The third kappa shape index (κ3) is 5.32. The van der Waals surface area contributed by atoms with E-state index in [-0.39, 0.29) is 5.91 Å². The number of hydrogen-bond acceptors (Lipinski definition) is 5. The lowest BCUT2D eigenvalue weighted by atomic mass is 10.1. The lowest BCUT2D eigenvalue weighted by molar-refractivity contribution is 0.0952. The molecular weight excluding hydrogens is 462 g/mol. The largest absolute Gasteiger partial charge is 0.497 e. The van der Waals surface area contributed by atoms with Crippen LogP contribution in [0, 0.1) is 0 Å². The number of benzene rings is 3. The molecule has 0 saturated carbocycles. The van der Waals surface area contributed by atoms with Crippen molar-refractivity contribution < 1.29 is 9.53 Å². The van der Waals surface area contributed by atoms with E-state index in [0.29, 0.717) is 30.8 Å². The number of nitrogens with two attached hydrogens (primary N) is 1. The van der Waals surface area contributed by atoms with Crippen LogP contribution in [-0.2, 0) is 19.6 Å². The third-order valence-electron chi connectivity index (χ3n) is 6.22. The molecule has 7 nitrogen and oxygen atoms in total. The van der Waals surface area contributed by atoms with E-state index in [4.69, 9.17) is 15.5 Å². The zero-order chi connectivity index (χ0) is 25.6. The van der Waals surface area contributed by atoms with Gasteiger partial charge in [0.2, 0.25) is 0 Å². The number of pyridine rings is 1. The van der Waals surface area contributed by atoms with Crippen LogP contribution < -0.4 is 21.1 Å². The first kappa shape index (κ1) is 24.1. The van der Waals surface area contributed by atoms with Crippen LogP contribution in [-0.4, -0.2) is 22.4 Å². The quantitative estimate of drug-likeness (QED) is 0.269. The molecule has 2 heterocycles. The smallest absolute Gasteiger partial charge is 0.255 e. The van der Waals surface area contributed by atoms with E-state index in [2.05, 4.69) is 22.8 Å². The summed E-state index contributed by atoms with van der Waals surface area (Å²) < 4.78 is 7.38. The minimum atomic E-state index is -0.194. The normalized spacial score (nSPS) is 10.9. The van der Waals surface area contributed by atoms with Crippen LogP contribution in [0.3, 0.4) is 0 Å². The number of imidazole rings is 1. The molecular formula is C30H29N5O2. The van der Waals surface area contributed by atoms with E-state index in [1.165, 1.54) is 0 Å². The maximum atomic E-state index is 13.3. The molecule has 0 aliphatic carbocycles. The van der Waals surface area contributed by atoms with E-state index in [1.54, 1.807) is 13.2 Å². The highest BCUT2D eigenvalue weighted by Crippen LogP contribution is 2.32. The van der Waals surface area contributed by atoms with Gasteiger partial charge in [0.15, 0.2) is 5.65 Å². The molecule has 5 rings (SSSR count). The molecule has 37 heavy (non-hydrogen) atoms. The maximum Gasteiger partial charge on any atom is 0.255 e. The second-order valence-corrected chi connectivity index (χ2v) is 8.70. The number of aromatic nitrogens is 2. The molecule has 0 fully saturated rings. The molecule has 0 aliphatic heterocycles. The van der Waals surface area contributed by atoms with Crippen LogP contribution >= 0.6 is 0 Å². The summed E-state index contributed by atoms with van der Waals surface area (Å²) in [6, 6.07) is 29.5. The molecule has 4 N–H and O–H groups in total. The monoisotopic (exact) mass is 491 g/mol.